The zero-order valence-electron chi connectivity index (χ0n) is 15.4. The SMILES string of the molecule is CC(C)N1CCN(C(=O)c2ccc3c(c2)CC(C)N3S(C)(=O)=O)CC1. The zero-order chi connectivity index (χ0) is 18.4. The van der Waals surface area contributed by atoms with E-state index in [1.165, 1.54) is 10.6 Å². The van der Waals surface area contributed by atoms with Gasteiger partial charge < -0.3 is 4.90 Å². The highest BCUT2D eigenvalue weighted by Crippen LogP contribution is 2.34. The summed E-state index contributed by atoms with van der Waals surface area (Å²) in [5.74, 6) is 0.0386. The van der Waals surface area contributed by atoms with Crippen molar-refractivity contribution in [3.63, 3.8) is 0 Å². The predicted octanol–water partition coefficient (Wildman–Crippen LogP) is 1.56. The molecule has 0 N–H and O–H groups in total. The number of benzene rings is 1. The Morgan fingerprint density at radius 3 is 2.36 bits per heavy atom. The zero-order valence-corrected chi connectivity index (χ0v) is 16.2. The van der Waals surface area contributed by atoms with E-state index in [1.54, 1.807) is 12.1 Å². The predicted molar refractivity (Wildman–Crippen MR) is 99.5 cm³/mol. The Hall–Kier alpha value is -1.60. The van der Waals surface area contributed by atoms with E-state index in [1.807, 2.05) is 17.9 Å². The van der Waals surface area contributed by atoms with E-state index >= 15 is 0 Å². The van der Waals surface area contributed by atoms with Crippen molar-refractivity contribution < 1.29 is 13.2 Å². The van der Waals surface area contributed by atoms with Gasteiger partial charge in [-0.2, -0.15) is 0 Å². The molecule has 0 bridgehead atoms. The van der Waals surface area contributed by atoms with Gasteiger partial charge in [-0.25, -0.2) is 8.42 Å². The lowest BCUT2D eigenvalue weighted by Crippen LogP contribution is -2.50. The Labute approximate surface area is 150 Å². The molecule has 1 atom stereocenters. The van der Waals surface area contributed by atoms with Crippen molar-refractivity contribution >= 4 is 21.6 Å². The van der Waals surface area contributed by atoms with Gasteiger partial charge >= 0.3 is 0 Å². The largest absolute Gasteiger partial charge is 0.336 e. The molecule has 138 valence electrons. The number of nitrogens with zero attached hydrogens (tertiary/aromatic N) is 3. The molecule has 6 nitrogen and oxygen atoms in total. The van der Waals surface area contributed by atoms with Crippen LogP contribution in [0.5, 0.6) is 0 Å². The number of carbonyl (C=O) groups is 1. The molecule has 25 heavy (non-hydrogen) atoms. The molecule has 2 aliphatic heterocycles. The number of hydrogen-bond acceptors (Lipinski definition) is 4. The second-order valence-electron chi connectivity index (χ2n) is 7.38. The minimum Gasteiger partial charge on any atom is -0.336 e. The Morgan fingerprint density at radius 1 is 1.16 bits per heavy atom. The maximum absolute atomic E-state index is 12.8. The summed E-state index contributed by atoms with van der Waals surface area (Å²) in [4.78, 5) is 17.1. The van der Waals surface area contributed by atoms with Gasteiger partial charge in [0.05, 0.1) is 11.9 Å². The normalized spacial score (nSPS) is 21.7. The van der Waals surface area contributed by atoms with Gasteiger partial charge in [0, 0.05) is 43.8 Å². The van der Waals surface area contributed by atoms with Crippen molar-refractivity contribution in [3.8, 4) is 0 Å². The lowest BCUT2D eigenvalue weighted by atomic mass is 10.1. The van der Waals surface area contributed by atoms with E-state index in [0.717, 1.165) is 31.7 Å². The van der Waals surface area contributed by atoms with Gasteiger partial charge in [-0.15, -0.1) is 0 Å². The van der Waals surface area contributed by atoms with Crippen LogP contribution in [0.3, 0.4) is 0 Å². The average molecular weight is 365 g/mol. The second-order valence-corrected chi connectivity index (χ2v) is 9.24. The maximum Gasteiger partial charge on any atom is 0.253 e. The first-order valence-electron chi connectivity index (χ1n) is 8.84. The standard InChI is InChI=1S/C18H27N3O3S/c1-13(2)19-7-9-20(10-8-19)18(22)15-5-6-17-16(12-15)11-14(3)21(17)25(4,23)24/h5-6,12-14H,7-11H2,1-4H3. The first kappa shape index (κ1) is 18.2. The van der Waals surface area contributed by atoms with E-state index in [2.05, 4.69) is 18.7 Å². The van der Waals surface area contributed by atoms with Gasteiger partial charge in [0.25, 0.3) is 5.91 Å². The van der Waals surface area contributed by atoms with Crippen LogP contribution in [0, 0.1) is 0 Å². The van der Waals surface area contributed by atoms with Gasteiger partial charge in [-0.05, 0) is 51.0 Å². The molecule has 7 heteroatoms. The number of amides is 1. The number of rotatable bonds is 3. The van der Waals surface area contributed by atoms with Crippen LogP contribution in [-0.2, 0) is 16.4 Å². The summed E-state index contributed by atoms with van der Waals surface area (Å²) in [6.45, 7) is 9.51. The van der Waals surface area contributed by atoms with Crippen LogP contribution >= 0.6 is 0 Å². The summed E-state index contributed by atoms with van der Waals surface area (Å²) >= 11 is 0. The number of fused-ring (bicyclic) bond motifs is 1. The molecule has 1 unspecified atom stereocenters. The molecule has 0 aromatic heterocycles. The van der Waals surface area contributed by atoms with Crippen LogP contribution < -0.4 is 4.31 Å². The molecule has 1 aromatic rings. The summed E-state index contributed by atoms with van der Waals surface area (Å²) in [5, 5.41) is 0. The fourth-order valence-electron chi connectivity index (χ4n) is 3.87. The highest BCUT2D eigenvalue weighted by atomic mass is 32.2. The van der Waals surface area contributed by atoms with E-state index in [-0.39, 0.29) is 11.9 Å². The van der Waals surface area contributed by atoms with Crippen molar-refractivity contribution in [2.75, 3.05) is 36.7 Å². The number of sulfonamides is 1. The topological polar surface area (TPSA) is 60.9 Å². The third-order valence-corrected chi connectivity index (χ3v) is 6.44. The molecule has 0 spiro atoms. The first-order chi connectivity index (χ1) is 11.7. The molecule has 2 heterocycles. The molecule has 1 aromatic carbocycles. The third-order valence-electron chi connectivity index (χ3n) is 5.17. The molecule has 0 radical (unpaired) electrons. The first-order valence-corrected chi connectivity index (χ1v) is 10.7. The smallest absolute Gasteiger partial charge is 0.253 e. The second kappa shape index (κ2) is 6.61. The van der Waals surface area contributed by atoms with Crippen molar-refractivity contribution in [2.45, 2.75) is 39.3 Å². The molecule has 1 saturated heterocycles. The van der Waals surface area contributed by atoms with Gasteiger partial charge in [0.2, 0.25) is 10.0 Å². The fourth-order valence-corrected chi connectivity index (χ4v) is 5.13. The summed E-state index contributed by atoms with van der Waals surface area (Å²) in [5.41, 5.74) is 2.29. The van der Waals surface area contributed by atoms with E-state index < -0.39 is 10.0 Å². The maximum atomic E-state index is 12.8. The lowest BCUT2D eigenvalue weighted by molar-refractivity contribution is 0.0595. The summed E-state index contributed by atoms with van der Waals surface area (Å²) in [7, 11) is -3.30. The number of anilines is 1. The minimum absolute atomic E-state index is 0.0386. The summed E-state index contributed by atoms with van der Waals surface area (Å²) in [6, 6.07) is 5.79. The van der Waals surface area contributed by atoms with Crippen LogP contribution in [0.1, 0.15) is 36.7 Å². The molecule has 0 saturated carbocycles. The number of hydrogen-bond donors (Lipinski definition) is 0. The summed E-state index contributed by atoms with van der Waals surface area (Å²) < 4.78 is 25.5. The molecular weight excluding hydrogens is 338 g/mol. The molecule has 3 rings (SSSR count). The van der Waals surface area contributed by atoms with E-state index in [0.29, 0.717) is 23.7 Å². The molecule has 0 aliphatic carbocycles. The average Bonchev–Trinajstić information content (AvgIpc) is 2.89. The van der Waals surface area contributed by atoms with Crippen LogP contribution in [0.15, 0.2) is 18.2 Å². The van der Waals surface area contributed by atoms with Crippen molar-refractivity contribution in [1.29, 1.82) is 0 Å². The van der Waals surface area contributed by atoms with Crippen LogP contribution in [0.25, 0.3) is 0 Å². The molecule has 1 amide bonds. The number of piperazine rings is 1. The van der Waals surface area contributed by atoms with Gasteiger partial charge in [-0.1, -0.05) is 0 Å². The van der Waals surface area contributed by atoms with Crippen LogP contribution in [-0.4, -0.2) is 68.6 Å². The highest BCUT2D eigenvalue weighted by molar-refractivity contribution is 7.92. The Morgan fingerprint density at radius 2 is 1.80 bits per heavy atom. The Bertz CT molecular complexity index is 768. The van der Waals surface area contributed by atoms with Crippen LogP contribution in [0.4, 0.5) is 5.69 Å². The minimum atomic E-state index is -3.30. The molecule has 2 aliphatic rings. The van der Waals surface area contributed by atoms with Crippen LogP contribution in [0.2, 0.25) is 0 Å². The highest BCUT2D eigenvalue weighted by Gasteiger charge is 2.33. The Balaban J connectivity index is 1.78. The van der Waals surface area contributed by atoms with Crippen molar-refractivity contribution in [3.05, 3.63) is 29.3 Å². The quantitative estimate of drug-likeness (QED) is 0.816. The molecular formula is C18H27N3O3S. The van der Waals surface area contributed by atoms with Crippen molar-refractivity contribution in [1.82, 2.24) is 9.80 Å². The van der Waals surface area contributed by atoms with E-state index in [4.69, 9.17) is 0 Å². The summed E-state index contributed by atoms with van der Waals surface area (Å²) in [6.07, 6.45) is 1.87. The third kappa shape index (κ3) is 3.53. The lowest BCUT2D eigenvalue weighted by Gasteiger charge is -2.37. The van der Waals surface area contributed by atoms with Gasteiger partial charge in [0.15, 0.2) is 0 Å². The van der Waals surface area contributed by atoms with Gasteiger partial charge in [-0.3, -0.25) is 14.0 Å². The Kier molecular flexibility index (Phi) is 4.81. The fraction of sp³-hybridized carbons (Fsp3) is 0.611. The van der Waals surface area contributed by atoms with Crippen molar-refractivity contribution in [2.24, 2.45) is 0 Å². The monoisotopic (exact) mass is 365 g/mol. The molecule has 1 fully saturated rings. The van der Waals surface area contributed by atoms with Gasteiger partial charge in [0.1, 0.15) is 0 Å². The number of carbonyl (C=O) groups excluding carboxylic acids is 1. The van der Waals surface area contributed by atoms with E-state index in [9.17, 15) is 13.2 Å².